The van der Waals surface area contributed by atoms with Crippen LogP contribution in [0.15, 0.2) is 0 Å². The monoisotopic (exact) mass is 473 g/mol. The number of ether oxygens (including phenoxy) is 4. The Kier molecular flexibility index (Phi) is 4.87. The average Bonchev–Trinajstić information content (AvgIpc) is 3.42. The second-order valence-corrected chi connectivity index (χ2v) is 12.3. The molecule has 6 aliphatic carbocycles. The fraction of sp³-hybridized carbons (Fsp3) is 0.885. The highest BCUT2D eigenvalue weighted by Crippen LogP contribution is 2.62. The zero-order chi connectivity index (χ0) is 23.2. The number of nitrogens with zero attached hydrogens (tertiary/aromatic N) is 1. The molecule has 0 aromatic heterocycles. The molecule has 6 atom stereocenters. The SMILES string of the molecule is CC1(OC(=O)C2C3CC4C(OC(=O)C42)C3OC(=O)CN2CCOCC2)C2CC3CC(C2)CC1C3. The van der Waals surface area contributed by atoms with Gasteiger partial charge in [0.1, 0.15) is 17.8 Å². The van der Waals surface area contributed by atoms with E-state index in [1.54, 1.807) is 0 Å². The lowest BCUT2D eigenvalue weighted by atomic mass is 9.50. The van der Waals surface area contributed by atoms with Crippen molar-refractivity contribution in [2.75, 3.05) is 32.8 Å². The molecule has 0 radical (unpaired) electrons. The summed E-state index contributed by atoms with van der Waals surface area (Å²) in [5.41, 5.74) is -0.434. The van der Waals surface area contributed by atoms with Crippen LogP contribution in [0, 0.1) is 47.3 Å². The van der Waals surface area contributed by atoms with Gasteiger partial charge < -0.3 is 18.9 Å². The van der Waals surface area contributed by atoms with E-state index in [9.17, 15) is 14.4 Å². The normalized spacial score (nSPS) is 50.4. The maximum Gasteiger partial charge on any atom is 0.320 e. The Morgan fingerprint density at radius 3 is 2.35 bits per heavy atom. The van der Waals surface area contributed by atoms with Gasteiger partial charge in [0, 0.05) is 24.9 Å². The van der Waals surface area contributed by atoms with Crippen molar-refractivity contribution < 1.29 is 33.3 Å². The van der Waals surface area contributed by atoms with Gasteiger partial charge in [-0.1, -0.05) is 0 Å². The van der Waals surface area contributed by atoms with Gasteiger partial charge in [-0.2, -0.15) is 0 Å². The Balaban J connectivity index is 1.07. The molecule has 8 fully saturated rings. The van der Waals surface area contributed by atoms with Crippen LogP contribution in [-0.2, 0) is 33.3 Å². The highest BCUT2D eigenvalue weighted by Gasteiger charge is 2.71. The molecular weight excluding hydrogens is 438 g/mol. The Labute approximate surface area is 200 Å². The van der Waals surface area contributed by atoms with Crippen molar-refractivity contribution in [3.63, 3.8) is 0 Å². The minimum absolute atomic E-state index is 0.0532. The molecule has 0 N–H and O–H groups in total. The molecule has 2 saturated heterocycles. The van der Waals surface area contributed by atoms with Crippen LogP contribution in [0.25, 0.3) is 0 Å². The second kappa shape index (κ2) is 7.66. The van der Waals surface area contributed by atoms with E-state index >= 15 is 0 Å². The van der Waals surface area contributed by atoms with Crippen LogP contribution < -0.4 is 0 Å². The minimum atomic E-state index is -0.563. The van der Waals surface area contributed by atoms with E-state index in [-0.39, 0.29) is 36.3 Å². The molecule has 6 unspecified atom stereocenters. The molecule has 2 heterocycles. The summed E-state index contributed by atoms with van der Waals surface area (Å²) in [6.07, 6.45) is 5.68. The van der Waals surface area contributed by atoms with Gasteiger partial charge in [0.25, 0.3) is 0 Å². The Morgan fingerprint density at radius 2 is 1.68 bits per heavy atom. The third-order valence-corrected chi connectivity index (χ3v) is 10.6. The van der Waals surface area contributed by atoms with Crippen LogP contribution in [0.1, 0.15) is 45.4 Å². The highest BCUT2D eigenvalue weighted by molar-refractivity contribution is 5.86. The molecule has 0 aromatic rings. The number of hydrogen-bond donors (Lipinski definition) is 0. The molecular formula is C26H35NO7. The maximum absolute atomic E-state index is 13.7. The molecule has 2 aliphatic heterocycles. The number of carbonyl (C=O) groups is 3. The Bertz CT molecular complexity index is 870. The molecule has 186 valence electrons. The molecule has 0 aromatic carbocycles. The zero-order valence-corrected chi connectivity index (χ0v) is 19.9. The number of fused-ring (bicyclic) bond motifs is 1. The van der Waals surface area contributed by atoms with Gasteiger partial charge in [-0.25, -0.2) is 0 Å². The van der Waals surface area contributed by atoms with Crippen molar-refractivity contribution in [1.29, 1.82) is 0 Å². The van der Waals surface area contributed by atoms with Crippen LogP contribution in [0.5, 0.6) is 0 Å². The quantitative estimate of drug-likeness (QED) is 0.441. The van der Waals surface area contributed by atoms with E-state index in [1.165, 1.54) is 6.42 Å². The summed E-state index contributed by atoms with van der Waals surface area (Å²) >= 11 is 0. The zero-order valence-electron chi connectivity index (χ0n) is 19.9. The predicted octanol–water partition coefficient (Wildman–Crippen LogP) is 1.80. The van der Waals surface area contributed by atoms with Gasteiger partial charge in [-0.05, 0) is 69.1 Å². The third kappa shape index (κ3) is 3.13. The first-order chi connectivity index (χ1) is 16.4. The van der Waals surface area contributed by atoms with Crippen LogP contribution in [0.4, 0.5) is 0 Å². The van der Waals surface area contributed by atoms with Gasteiger partial charge in [0.2, 0.25) is 0 Å². The number of esters is 3. The van der Waals surface area contributed by atoms with E-state index < -0.39 is 29.6 Å². The minimum Gasteiger partial charge on any atom is -0.459 e. The third-order valence-electron chi connectivity index (χ3n) is 10.6. The summed E-state index contributed by atoms with van der Waals surface area (Å²) < 4.78 is 23.4. The lowest BCUT2D eigenvalue weighted by molar-refractivity contribution is -0.211. The molecule has 34 heavy (non-hydrogen) atoms. The predicted molar refractivity (Wildman–Crippen MR) is 117 cm³/mol. The molecule has 8 heteroatoms. The molecule has 6 saturated carbocycles. The number of carbonyl (C=O) groups excluding carboxylic acids is 3. The molecule has 0 spiro atoms. The molecule has 6 bridgehead atoms. The van der Waals surface area contributed by atoms with Gasteiger partial charge in [0.15, 0.2) is 0 Å². The number of rotatable bonds is 5. The van der Waals surface area contributed by atoms with Gasteiger partial charge in [-0.15, -0.1) is 0 Å². The summed E-state index contributed by atoms with van der Waals surface area (Å²) in [7, 11) is 0. The van der Waals surface area contributed by atoms with Crippen LogP contribution in [-0.4, -0.2) is 73.5 Å². The molecule has 8 nitrogen and oxygen atoms in total. The first-order valence-corrected chi connectivity index (χ1v) is 13.3. The van der Waals surface area contributed by atoms with Crippen molar-refractivity contribution >= 4 is 17.9 Å². The average molecular weight is 474 g/mol. The first kappa shape index (κ1) is 21.6. The fourth-order valence-electron chi connectivity index (χ4n) is 9.17. The number of morpholine rings is 1. The van der Waals surface area contributed by atoms with Crippen LogP contribution in [0.2, 0.25) is 0 Å². The lowest BCUT2D eigenvalue weighted by Crippen LogP contribution is -2.59. The number of hydrogen-bond acceptors (Lipinski definition) is 8. The topological polar surface area (TPSA) is 91.4 Å². The summed E-state index contributed by atoms with van der Waals surface area (Å²) in [4.78, 5) is 41.3. The van der Waals surface area contributed by atoms with Gasteiger partial charge in [-0.3, -0.25) is 19.3 Å². The smallest absolute Gasteiger partial charge is 0.320 e. The van der Waals surface area contributed by atoms with Crippen LogP contribution in [0.3, 0.4) is 0 Å². The van der Waals surface area contributed by atoms with E-state index in [1.807, 2.05) is 4.90 Å². The Hall–Kier alpha value is -1.67. The molecule has 0 amide bonds. The van der Waals surface area contributed by atoms with Crippen molar-refractivity contribution in [1.82, 2.24) is 4.90 Å². The standard InChI is InChI=1S/C26H35NO7/c1-26(15-7-13-6-14(9-15)10-16(26)8-13)34-25(30)21-18-11-17-20(21)24(29)33-23(17)22(18)32-19(28)12-27-2-4-31-5-3-27/h13-18,20-23H,2-12H2,1H3. The van der Waals surface area contributed by atoms with Crippen molar-refractivity contribution in [2.45, 2.75) is 63.3 Å². The van der Waals surface area contributed by atoms with Crippen LogP contribution >= 0.6 is 0 Å². The van der Waals surface area contributed by atoms with Crippen molar-refractivity contribution in [3.8, 4) is 0 Å². The van der Waals surface area contributed by atoms with E-state index in [0.717, 1.165) is 37.5 Å². The Morgan fingerprint density at radius 1 is 1.00 bits per heavy atom. The van der Waals surface area contributed by atoms with E-state index in [0.29, 0.717) is 44.6 Å². The fourth-order valence-corrected chi connectivity index (χ4v) is 9.17. The van der Waals surface area contributed by atoms with Crippen molar-refractivity contribution in [3.05, 3.63) is 0 Å². The van der Waals surface area contributed by atoms with E-state index in [4.69, 9.17) is 18.9 Å². The van der Waals surface area contributed by atoms with Crippen molar-refractivity contribution in [2.24, 2.45) is 47.3 Å². The van der Waals surface area contributed by atoms with E-state index in [2.05, 4.69) is 6.92 Å². The summed E-state index contributed by atoms with van der Waals surface area (Å²) in [5, 5.41) is 0. The molecule has 8 aliphatic rings. The van der Waals surface area contributed by atoms with Gasteiger partial charge in [0.05, 0.1) is 31.6 Å². The second-order valence-electron chi connectivity index (χ2n) is 12.3. The van der Waals surface area contributed by atoms with Gasteiger partial charge >= 0.3 is 17.9 Å². The lowest BCUT2D eigenvalue weighted by Gasteiger charge is -2.59. The summed E-state index contributed by atoms with van der Waals surface area (Å²) in [6.45, 7) is 4.95. The maximum atomic E-state index is 13.7. The largest absolute Gasteiger partial charge is 0.459 e. The summed E-state index contributed by atoms with van der Waals surface area (Å²) in [5.74, 6) is 0.266. The first-order valence-electron chi connectivity index (χ1n) is 13.3. The highest BCUT2D eigenvalue weighted by atomic mass is 16.6. The molecule has 8 rings (SSSR count). The summed E-state index contributed by atoms with van der Waals surface area (Å²) in [6, 6.07) is 0.